The van der Waals surface area contributed by atoms with Gasteiger partial charge in [0.05, 0.1) is 12.0 Å². The van der Waals surface area contributed by atoms with E-state index in [1.165, 1.54) is 0 Å². The summed E-state index contributed by atoms with van der Waals surface area (Å²) in [5.41, 5.74) is 7.38. The lowest BCUT2D eigenvalue weighted by Crippen LogP contribution is -2.50. The van der Waals surface area contributed by atoms with Crippen LogP contribution in [0.3, 0.4) is 0 Å². The highest BCUT2D eigenvalue weighted by atomic mass is 32.1. The van der Waals surface area contributed by atoms with Gasteiger partial charge in [-0.2, -0.15) is 0 Å². The molecule has 0 aliphatic carbocycles. The molecule has 3 heterocycles. The van der Waals surface area contributed by atoms with Crippen molar-refractivity contribution >= 4 is 34.9 Å². The van der Waals surface area contributed by atoms with Gasteiger partial charge in [-0.05, 0) is 43.3 Å². The predicted octanol–water partition coefficient (Wildman–Crippen LogP) is 3.15. The minimum absolute atomic E-state index is 0.0436. The fraction of sp³-hybridized carbons (Fsp3) is 0.435. The van der Waals surface area contributed by atoms with Crippen LogP contribution >= 0.6 is 11.3 Å². The lowest BCUT2D eigenvalue weighted by atomic mass is 9.85. The van der Waals surface area contributed by atoms with E-state index in [0.29, 0.717) is 45.4 Å². The predicted molar refractivity (Wildman–Crippen MR) is 121 cm³/mol. The molecule has 2 atom stereocenters. The van der Waals surface area contributed by atoms with Crippen LogP contribution in [0.2, 0.25) is 0 Å². The Morgan fingerprint density at radius 3 is 2.42 bits per heavy atom. The Kier molecular flexibility index (Phi) is 6.27. The largest absolute Gasteiger partial charge is 0.351 e. The van der Waals surface area contributed by atoms with Crippen molar-refractivity contribution in [1.82, 2.24) is 9.80 Å². The Morgan fingerprint density at radius 2 is 1.74 bits per heavy atom. The zero-order chi connectivity index (χ0) is 22.0. The molecule has 0 bridgehead atoms. The van der Waals surface area contributed by atoms with Crippen molar-refractivity contribution in [2.45, 2.75) is 32.2 Å². The molecule has 7 nitrogen and oxygen atoms in total. The maximum Gasteiger partial charge on any atom is 0.314 e. The van der Waals surface area contributed by atoms with Gasteiger partial charge in [0.15, 0.2) is 0 Å². The number of hydrogen-bond donors (Lipinski definition) is 1. The first-order valence-corrected chi connectivity index (χ1v) is 11.6. The van der Waals surface area contributed by atoms with Gasteiger partial charge in [-0.3, -0.25) is 9.59 Å². The smallest absolute Gasteiger partial charge is 0.314 e. The molecule has 0 radical (unpaired) electrons. The van der Waals surface area contributed by atoms with E-state index in [0.717, 1.165) is 16.1 Å². The molecule has 2 N–H and O–H groups in total. The number of benzene rings is 1. The van der Waals surface area contributed by atoms with Gasteiger partial charge < -0.3 is 20.4 Å². The zero-order valence-corrected chi connectivity index (χ0v) is 18.5. The van der Waals surface area contributed by atoms with E-state index in [4.69, 9.17) is 5.73 Å². The van der Waals surface area contributed by atoms with Gasteiger partial charge in [-0.25, -0.2) is 4.79 Å². The molecule has 2 fully saturated rings. The minimum atomic E-state index is -0.445. The van der Waals surface area contributed by atoms with Crippen molar-refractivity contribution in [3.63, 3.8) is 0 Å². The molecule has 164 valence electrons. The molecule has 31 heavy (non-hydrogen) atoms. The van der Waals surface area contributed by atoms with Crippen molar-refractivity contribution in [1.29, 1.82) is 0 Å². The first-order chi connectivity index (χ1) is 15.0. The second-order valence-electron chi connectivity index (χ2n) is 8.21. The van der Waals surface area contributed by atoms with Crippen LogP contribution in [0.15, 0.2) is 41.8 Å². The van der Waals surface area contributed by atoms with E-state index in [2.05, 4.69) is 0 Å². The number of rotatable bonds is 3. The highest BCUT2D eigenvalue weighted by Crippen LogP contribution is 2.42. The fourth-order valence-corrected chi connectivity index (χ4v) is 5.42. The van der Waals surface area contributed by atoms with Gasteiger partial charge in [-0.1, -0.05) is 23.8 Å². The summed E-state index contributed by atoms with van der Waals surface area (Å²) in [6, 6.07) is 11.1. The van der Waals surface area contributed by atoms with Crippen LogP contribution in [0.5, 0.6) is 0 Å². The van der Waals surface area contributed by atoms with E-state index in [1.807, 2.05) is 58.5 Å². The van der Waals surface area contributed by atoms with Gasteiger partial charge in [0, 0.05) is 43.2 Å². The van der Waals surface area contributed by atoms with Crippen LogP contribution in [0, 0.1) is 12.8 Å². The quantitative estimate of drug-likeness (QED) is 0.795. The third kappa shape index (κ3) is 4.44. The Bertz CT molecular complexity index is 944. The van der Waals surface area contributed by atoms with Crippen molar-refractivity contribution in [3.8, 4) is 0 Å². The third-order valence-electron chi connectivity index (χ3n) is 6.18. The van der Waals surface area contributed by atoms with E-state index in [9.17, 15) is 14.4 Å². The molecule has 4 amide bonds. The lowest BCUT2D eigenvalue weighted by molar-refractivity contribution is -0.138. The number of nitrogens with two attached hydrogens (primary N) is 1. The van der Waals surface area contributed by atoms with E-state index in [-0.39, 0.29) is 23.8 Å². The van der Waals surface area contributed by atoms with Gasteiger partial charge >= 0.3 is 6.03 Å². The van der Waals surface area contributed by atoms with E-state index < -0.39 is 6.03 Å². The molecule has 1 aromatic heterocycles. The molecule has 0 saturated carbocycles. The molecule has 4 rings (SSSR count). The molecular formula is C23H28N4O3S. The Labute approximate surface area is 186 Å². The fourth-order valence-electron chi connectivity index (χ4n) is 4.54. The van der Waals surface area contributed by atoms with Crippen LogP contribution in [0.4, 0.5) is 10.5 Å². The maximum absolute atomic E-state index is 13.7. The average molecular weight is 441 g/mol. The number of carbonyl (C=O) groups excluding carboxylic acids is 3. The van der Waals surface area contributed by atoms with Gasteiger partial charge in [-0.15, -0.1) is 11.3 Å². The topological polar surface area (TPSA) is 87.0 Å². The van der Waals surface area contributed by atoms with Crippen molar-refractivity contribution in [2.24, 2.45) is 11.7 Å². The standard InChI is InChI=1S/C23H28N4O3S/c1-16-5-7-17(8-6-16)27-20(28)10-9-18(21(27)19-4-2-15-31-19)22(29)25-11-3-12-26(14-13-25)23(24)30/h2,4-8,15,18,21H,3,9-14H2,1H3,(H2,24,30). The number of urea groups is 1. The molecule has 1 aromatic carbocycles. The molecule has 2 aromatic rings. The lowest BCUT2D eigenvalue weighted by Gasteiger charge is -2.41. The highest BCUT2D eigenvalue weighted by Gasteiger charge is 2.43. The number of carbonyl (C=O) groups is 3. The van der Waals surface area contributed by atoms with Gasteiger partial charge in [0.2, 0.25) is 11.8 Å². The Hall–Kier alpha value is -2.87. The van der Waals surface area contributed by atoms with Crippen molar-refractivity contribution in [2.75, 3.05) is 31.1 Å². The van der Waals surface area contributed by atoms with Gasteiger partial charge in [0.25, 0.3) is 0 Å². The first-order valence-electron chi connectivity index (χ1n) is 10.7. The number of amides is 4. The van der Waals surface area contributed by atoms with Crippen LogP contribution in [0.25, 0.3) is 0 Å². The number of aryl methyl sites for hydroxylation is 1. The molecule has 2 aliphatic rings. The van der Waals surface area contributed by atoms with Crippen LogP contribution < -0.4 is 10.6 Å². The molecule has 2 aliphatic heterocycles. The van der Waals surface area contributed by atoms with E-state index in [1.54, 1.807) is 16.2 Å². The number of piperidine rings is 1. The van der Waals surface area contributed by atoms with Crippen LogP contribution in [-0.4, -0.2) is 53.8 Å². The minimum Gasteiger partial charge on any atom is -0.351 e. The normalized spacial score (nSPS) is 22.4. The van der Waals surface area contributed by atoms with Crippen LogP contribution in [-0.2, 0) is 9.59 Å². The SMILES string of the molecule is Cc1ccc(N2C(=O)CCC(C(=O)N3CCCN(C(N)=O)CC3)C2c2cccs2)cc1. The number of thiophene rings is 1. The van der Waals surface area contributed by atoms with Crippen molar-refractivity contribution in [3.05, 3.63) is 52.2 Å². The second kappa shape index (κ2) is 9.09. The maximum atomic E-state index is 13.7. The molecule has 2 unspecified atom stereocenters. The first kappa shape index (κ1) is 21.4. The summed E-state index contributed by atoms with van der Waals surface area (Å²) in [6.45, 7) is 4.08. The molecule has 8 heteroatoms. The molecular weight excluding hydrogens is 412 g/mol. The number of hydrogen-bond acceptors (Lipinski definition) is 4. The third-order valence-corrected chi connectivity index (χ3v) is 7.12. The number of primary amides is 1. The number of nitrogens with zero attached hydrogens (tertiary/aromatic N) is 3. The summed E-state index contributed by atoms with van der Waals surface area (Å²) in [4.78, 5) is 44.5. The summed E-state index contributed by atoms with van der Waals surface area (Å²) in [5, 5.41) is 1.99. The summed E-state index contributed by atoms with van der Waals surface area (Å²) in [5.74, 6) is -0.228. The summed E-state index contributed by atoms with van der Waals surface area (Å²) >= 11 is 1.58. The summed E-state index contributed by atoms with van der Waals surface area (Å²) < 4.78 is 0. The summed E-state index contributed by atoms with van der Waals surface area (Å²) in [6.07, 6.45) is 1.57. The monoisotopic (exact) mass is 440 g/mol. The molecule has 0 spiro atoms. The average Bonchev–Trinajstić information content (AvgIpc) is 3.17. The van der Waals surface area contributed by atoms with Gasteiger partial charge in [0.1, 0.15) is 0 Å². The van der Waals surface area contributed by atoms with Crippen molar-refractivity contribution < 1.29 is 14.4 Å². The number of anilines is 1. The zero-order valence-electron chi connectivity index (χ0n) is 17.7. The highest BCUT2D eigenvalue weighted by molar-refractivity contribution is 7.10. The van der Waals surface area contributed by atoms with E-state index >= 15 is 0 Å². The van der Waals surface area contributed by atoms with Crippen LogP contribution in [0.1, 0.15) is 35.7 Å². The summed E-state index contributed by atoms with van der Waals surface area (Å²) in [7, 11) is 0. The molecule has 2 saturated heterocycles. The Morgan fingerprint density at radius 1 is 1.03 bits per heavy atom. The second-order valence-corrected chi connectivity index (χ2v) is 9.19. The Balaban J connectivity index is 1.64.